The summed E-state index contributed by atoms with van der Waals surface area (Å²) in [6, 6.07) is 2.29. The minimum absolute atomic E-state index is 0.281. The number of nitrogens with two attached hydrogens (primary N) is 1. The van der Waals surface area contributed by atoms with E-state index in [1.54, 1.807) is 0 Å². The highest BCUT2D eigenvalue weighted by atomic mass is 16.5. The number of aliphatic hydroxyl groups excluding tert-OH is 1. The fraction of sp³-hybridized carbons (Fsp3) is 0.600. The van der Waals surface area contributed by atoms with Crippen molar-refractivity contribution in [1.29, 1.82) is 0 Å². The summed E-state index contributed by atoms with van der Waals surface area (Å²) in [5.74, 6) is 0.799. The van der Waals surface area contributed by atoms with Crippen molar-refractivity contribution in [3.05, 3.63) is 22.8 Å². The van der Waals surface area contributed by atoms with E-state index in [2.05, 4.69) is 5.32 Å². The summed E-state index contributed by atoms with van der Waals surface area (Å²) in [5.41, 5.74) is 9.87. The highest BCUT2D eigenvalue weighted by Crippen LogP contribution is 2.29. The molecule has 108 valence electrons. The Balaban J connectivity index is 2.63. The van der Waals surface area contributed by atoms with E-state index in [4.69, 9.17) is 10.5 Å². The molecule has 4 heteroatoms. The van der Waals surface area contributed by atoms with Crippen molar-refractivity contribution in [3.63, 3.8) is 0 Å². The molecule has 1 aromatic carbocycles. The van der Waals surface area contributed by atoms with Crippen molar-refractivity contribution >= 4 is 5.69 Å². The summed E-state index contributed by atoms with van der Waals surface area (Å²) in [6.07, 6.45) is -0.514. The first-order valence-corrected chi connectivity index (χ1v) is 6.73. The van der Waals surface area contributed by atoms with Crippen LogP contribution in [0.4, 0.5) is 5.69 Å². The van der Waals surface area contributed by atoms with Crippen molar-refractivity contribution in [3.8, 4) is 5.75 Å². The molecule has 19 heavy (non-hydrogen) atoms. The quantitative estimate of drug-likeness (QED) is 0.688. The predicted octanol–water partition coefficient (Wildman–Crippen LogP) is 1.93. The zero-order valence-corrected chi connectivity index (χ0v) is 12.6. The SMILES string of the molecule is Cc1cc(OCC(O)CNC(C)C)c(C)c(C)c1N. The molecule has 0 radical (unpaired) electrons. The zero-order valence-electron chi connectivity index (χ0n) is 12.6. The van der Waals surface area contributed by atoms with Gasteiger partial charge in [-0.2, -0.15) is 0 Å². The lowest BCUT2D eigenvalue weighted by atomic mass is 10.0. The van der Waals surface area contributed by atoms with E-state index in [1.165, 1.54) is 0 Å². The summed E-state index contributed by atoms with van der Waals surface area (Å²) in [7, 11) is 0. The van der Waals surface area contributed by atoms with Gasteiger partial charge in [0.05, 0.1) is 0 Å². The monoisotopic (exact) mass is 266 g/mol. The Hall–Kier alpha value is -1.26. The van der Waals surface area contributed by atoms with Gasteiger partial charge in [-0.3, -0.25) is 0 Å². The Kier molecular flexibility index (Phi) is 5.63. The van der Waals surface area contributed by atoms with Gasteiger partial charge in [0, 0.05) is 18.3 Å². The molecule has 1 aromatic rings. The smallest absolute Gasteiger partial charge is 0.123 e. The van der Waals surface area contributed by atoms with Crippen molar-refractivity contribution in [2.45, 2.75) is 46.8 Å². The molecule has 1 atom stereocenters. The second-order valence-corrected chi connectivity index (χ2v) is 5.38. The van der Waals surface area contributed by atoms with Gasteiger partial charge in [-0.1, -0.05) is 13.8 Å². The van der Waals surface area contributed by atoms with Crippen molar-refractivity contribution in [2.24, 2.45) is 0 Å². The van der Waals surface area contributed by atoms with Crippen LogP contribution in [0.5, 0.6) is 5.75 Å². The molecule has 0 fully saturated rings. The Morgan fingerprint density at radius 2 is 1.89 bits per heavy atom. The van der Waals surface area contributed by atoms with Crippen LogP contribution in [0.1, 0.15) is 30.5 Å². The van der Waals surface area contributed by atoms with Crippen LogP contribution in [0.3, 0.4) is 0 Å². The molecule has 0 spiro atoms. The first-order valence-electron chi connectivity index (χ1n) is 6.73. The maximum absolute atomic E-state index is 9.83. The second kappa shape index (κ2) is 6.78. The molecule has 0 saturated carbocycles. The summed E-state index contributed by atoms with van der Waals surface area (Å²) in [6.45, 7) is 10.8. The molecule has 4 N–H and O–H groups in total. The minimum Gasteiger partial charge on any atom is -0.491 e. The van der Waals surface area contributed by atoms with Gasteiger partial charge in [-0.25, -0.2) is 0 Å². The lowest BCUT2D eigenvalue weighted by Gasteiger charge is -2.18. The average Bonchev–Trinajstić information content (AvgIpc) is 2.36. The Labute approximate surface area is 116 Å². The van der Waals surface area contributed by atoms with E-state index in [9.17, 15) is 5.11 Å². The molecule has 0 heterocycles. The molecule has 1 rings (SSSR count). The predicted molar refractivity (Wildman–Crippen MR) is 79.7 cm³/mol. The second-order valence-electron chi connectivity index (χ2n) is 5.38. The molecule has 0 aliphatic rings. The number of benzene rings is 1. The van der Waals surface area contributed by atoms with Crippen LogP contribution in [0.25, 0.3) is 0 Å². The molecular weight excluding hydrogens is 240 g/mol. The fourth-order valence-corrected chi connectivity index (χ4v) is 1.83. The van der Waals surface area contributed by atoms with Crippen molar-refractivity contribution < 1.29 is 9.84 Å². The third-order valence-electron chi connectivity index (χ3n) is 3.30. The number of aliphatic hydroxyl groups is 1. The van der Waals surface area contributed by atoms with Crippen LogP contribution in [-0.4, -0.2) is 30.4 Å². The van der Waals surface area contributed by atoms with Gasteiger partial charge in [0.15, 0.2) is 0 Å². The number of hydrogen-bond acceptors (Lipinski definition) is 4. The third kappa shape index (κ3) is 4.40. The van der Waals surface area contributed by atoms with Crippen molar-refractivity contribution in [2.75, 3.05) is 18.9 Å². The van der Waals surface area contributed by atoms with Crippen LogP contribution >= 0.6 is 0 Å². The summed E-state index contributed by atoms with van der Waals surface area (Å²) in [5, 5.41) is 13.0. The van der Waals surface area contributed by atoms with E-state index in [0.717, 1.165) is 28.1 Å². The first kappa shape index (κ1) is 15.8. The number of ether oxygens (including phenoxy) is 1. The molecule has 1 unspecified atom stereocenters. The van der Waals surface area contributed by atoms with Crippen LogP contribution in [-0.2, 0) is 0 Å². The van der Waals surface area contributed by atoms with E-state index in [0.29, 0.717) is 12.6 Å². The first-order chi connectivity index (χ1) is 8.82. The van der Waals surface area contributed by atoms with E-state index in [-0.39, 0.29) is 6.61 Å². The van der Waals surface area contributed by atoms with Crippen LogP contribution in [0, 0.1) is 20.8 Å². The van der Waals surface area contributed by atoms with Gasteiger partial charge in [0.25, 0.3) is 0 Å². The van der Waals surface area contributed by atoms with E-state index >= 15 is 0 Å². The van der Waals surface area contributed by atoms with E-state index < -0.39 is 6.10 Å². The van der Waals surface area contributed by atoms with Gasteiger partial charge < -0.3 is 20.9 Å². The number of nitrogens with one attached hydrogen (secondary N) is 1. The van der Waals surface area contributed by atoms with Crippen molar-refractivity contribution in [1.82, 2.24) is 5.32 Å². The van der Waals surface area contributed by atoms with Crippen LogP contribution in [0.15, 0.2) is 6.07 Å². The maximum Gasteiger partial charge on any atom is 0.123 e. The largest absolute Gasteiger partial charge is 0.491 e. The standard InChI is InChI=1S/C15H26N2O2/c1-9(2)17-7-13(18)8-19-14-6-10(3)15(16)12(5)11(14)4/h6,9,13,17-18H,7-8,16H2,1-5H3. The molecule has 0 bridgehead atoms. The van der Waals surface area contributed by atoms with E-state index in [1.807, 2.05) is 40.7 Å². The summed E-state index contributed by atoms with van der Waals surface area (Å²) < 4.78 is 5.70. The molecule has 0 saturated heterocycles. The van der Waals surface area contributed by atoms with Gasteiger partial charge in [0.1, 0.15) is 18.5 Å². The Morgan fingerprint density at radius 3 is 2.47 bits per heavy atom. The van der Waals surface area contributed by atoms with Gasteiger partial charge in [-0.15, -0.1) is 0 Å². The number of hydrogen-bond donors (Lipinski definition) is 3. The highest BCUT2D eigenvalue weighted by molar-refractivity contribution is 5.60. The number of nitrogen functional groups attached to an aromatic ring is 1. The molecule has 0 aliphatic heterocycles. The average molecular weight is 266 g/mol. The van der Waals surface area contributed by atoms with Gasteiger partial charge in [-0.05, 0) is 43.5 Å². The molecule has 0 amide bonds. The molecular formula is C15H26N2O2. The highest BCUT2D eigenvalue weighted by Gasteiger charge is 2.11. The van der Waals surface area contributed by atoms with Crippen LogP contribution in [0.2, 0.25) is 0 Å². The molecule has 0 aromatic heterocycles. The topological polar surface area (TPSA) is 67.5 Å². The maximum atomic E-state index is 9.83. The fourth-order valence-electron chi connectivity index (χ4n) is 1.83. The molecule has 4 nitrogen and oxygen atoms in total. The summed E-state index contributed by atoms with van der Waals surface area (Å²) >= 11 is 0. The number of rotatable bonds is 6. The Morgan fingerprint density at radius 1 is 1.26 bits per heavy atom. The number of aryl methyl sites for hydroxylation is 1. The lowest BCUT2D eigenvalue weighted by Crippen LogP contribution is -2.35. The van der Waals surface area contributed by atoms with Crippen LogP contribution < -0.4 is 15.8 Å². The number of anilines is 1. The normalized spacial score (nSPS) is 12.8. The minimum atomic E-state index is -0.514. The zero-order chi connectivity index (χ0) is 14.6. The Bertz CT molecular complexity index is 431. The van der Waals surface area contributed by atoms with Gasteiger partial charge in [0.2, 0.25) is 0 Å². The molecule has 0 aliphatic carbocycles. The summed E-state index contributed by atoms with van der Waals surface area (Å²) in [4.78, 5) is 0. The third-order valence-corrected chi connectivity index (χ3v) is 3.30. The lowest BCUT2D eigenvalue weighted by molar-refractivity contribution is 0.104. The van der Waals surface area contributed by atoms with Gasteiger partial charge >= 0.3 is 0 Å².